The van der Waals surface area contributed by atoms with Gasteiger partial charge < -0.3 is 9.80 Å². The summed E-state index contributed by atoms with van der Waals surface area (Å²) in [5.41, 5.74) is -1.10. The van der Waals surface area contributed by atoms with Gasteiger partial charge in [-0.05, 0) is 24.3 Å². The largest absolute Gasteiger partial charge is 0.417 e. The fourth-order valence-corrected chi connectivity index (χ4v) is 2.98. The first-order chi connectivity index (χ1) is 13.4. The van der Waals surface area contributed by atoms with E-state index in [1.54, 1.807) is 34.1 Å². The Hall–Kier alpha value is -3.24. The second-order valence-corrected chi connectivity index (χ2v) is 6.20. The zero-order valence-corrected chi connectivity index (χ0v) is 14.5. The minimum atomic E-state index is -4.62. The number of anilines is 2. The fraction of sp³-hybridized carbons (Fsp3) is 0.294. The Bertz CT molecular complexity index is 933. The molecule has 0 amide bonds. The molecule has 0 spiro atoms. The highest BCUT2D eigenvalue weighted by atomic mass is 19.4. The molecule has 1 aliphatic heterocycles. The molecule has 0 N–H and O–H groups in total. The van der Waals surface area contributed by atoms with Crippen LogP contribution in [0.1, 0.15) is 5.56 Å². The van der Waals surface area contributed by atoms with E-state index in [9.17, 15) is 17.6 Å². The number of aromatic nitrogens is 5. The number of hydrogen-bond donors (Lipinski definition) is 0. The molecule has 1 aliphatic rings. The zero-order chi connectivity index (χ0) is 19.7. The van der Waals surface area contributed by atoms with Gasteiger partial charge in [-0.15, -0.1) is 10.2 Å². The predicted octanol–water partition coefficient (Wildman–Crippen LogP) is 2.54. The van der Waals surface area contributed by atoms with Crippen LogP contribution in [-0.2, 0) is 6.18 Å². The minimum absolute atomic E-state index is 0.0761. The highest BCUT2D eigenvalue weighted by Gasteiger charge is 2.32. The molecule has 3 aromatic rings. The van der Waals surface area contributed by atoms with E-state index in [0.29, 0.717) is 50.1 Å². The van der Waals surface area contributed by atoms with Crippen LogP contribution in [0, 0.1) is 5.82 Å². The van der Waals surface area contributed by atoms with Crippen LogP contribution in [0.4, 0.5) is 29.2 Å². The summed E-state index contributed by atoms with van der Waals surface area (Å²) in [7, 11) is 0. The van der Waals surface area contributed by atoms with Gasteiger partial charge in [0.25, 0.3) is 0 Å². The van der Waals surface area contributed by atoms with Crippen molar-refractivity contribution in [1.82, 2.24) is 25.0 Å². The third-order valence-electron chi connectivity index (χ3n) is 4.43. The maximum Gasteiger partial charge on any atom is 0.417 e. The van der Waals surface area contributed by atoms with E-state index in [0.717, 1.165) is 0 Å². The lowest BCUT2D eigenvalue weighted by molar-refractivity contribution is -0.138. The molecule has 4 heterocycles. The summed E-state index contributed by atoms with van der Waals surface area (Å²) in [6.45, 7) is 1.83. The van der Waals surface area contributed by atoms with Crippen LogP contribution in [0.25, 0.3) is 5.82 Å². The van der Waals surface area contributed by atoms with E-state index >= 15 is 0 Å². The van der Waals surface area contributed by atoms with E-state index in [4.69, 9.17) is 0 Å². The molecule has 0 atom stereocenters. The molecule has 146 valence electrons. The van der Waals surface area contributed by atoms with Crippen molar-refractivity contribution in [3.05, 3.63) is 54.2 Å². The van der Waals surface area contributed by atoms with E-state index in [1.165, 1.54) is 0 Å². The van der Waals surface area contributed by atoms with Crippen molar-refractivity contribution < 1.29 is 17.6 Å². The lowest BCUT2D eigenvalue weighted by Crippen LogP contribution is -2.47. The van der Waals surface area contributed by atoms with Crippen LogP contribution < -0.4 is 9.80 Å². The number of hydrogen-bond acceptors (Lipinski definition) is 6. The molecule has 1 saturated heterocycles. The van der Waals surface area contributed by atoms with Crippen LogP contribution in [0.15, 0.2) is 42.9 Å². The number of halogens is 4. The van der Waals surface area contributed by atoms with Gasteiger partial charge in [0.15, 0.2) is 23.3 Å². The van der Waals surface area contributed by atoms with Gasteiger partial charge in [-0.1, -0.05) is 0 Å². The third-order valence-corrected chi connectivity index (χ3v) is 4.43. The van der Waals surface area contributed by atoms with Gasteiger partial charge in [-0.3, -0.25) is 0 Å². The molecule has 7 nitrogen and oxygen atoms in total. The van der Waals surface area contributed by atoms with Crippen molar-refractivity contribution in [2.24, 2.45) is 0 Å². The summed E-state index contributed by atoms with van der Waals surface area (Å²) in [4.78, 5) is 7.27. The zero-order valence-electron chi connectivity index (χ0n) is 14.5. The second kappa shape index (κ2) is 7.06. The van der Waals surface area contributed by atoms with Crippen LogP contribution >= 0.6 is 0 Å². The van der Waals surface area contributed by atoms with Crippen molar-refractivity contribution >= 4 is 11.6 Å². The molecule has 0 unspecified atom stereocenters. The van der Waals surface area contributed by atoms with E-state index < -0.39 is 17.6 Å². The van der Waals surface area contributed by atoms with Crippen molar-refractivity contribution in [2.75, 3.05) is 36.0 Å². The molecule has 1 fully saturated rings. The molecule has 0 radical (unpaired) electrons. The number of nitrogens with zero attached hydrogens (tertiary/aromatic N) is 7. The highest BCUT2D eigenvalue weighted by Crippen LogP contribution is 2.31. The summed E-state index contributed by atoms with van der Waals surface area (Å²) in [5.74, 6) is 0.194. The highest BCUT2D eigenvalue weighted by molar-refractivity contribution is 5.46. The Balaban J connectivity index is 1.42. The second-order valence-electron chi connectivity index (χ2n) is 6.20. The standard InChI is InChI=1S/C17H15F4N7/c18-13-10-12(17(19,20)21)11-22-16(13)27-8-6-26(7-9-27)14-2-3-15(25-24-14)28-5-1-4-23-28/h1-5,10-11H,6-9H2. The quantitative estimate of drug-likeness (QED) is 0.638. The number of rotatable bonds is 3. The maximum absolute atomic E-state index is 14.1. The van der Waals surface area contributed by atoms with Crippen molar-refractivity contribution in [3.63, 3.8) is 0 Å². The van der Waals surface area contributed by atoms with Gasteiger partial charge in [-0.25, -0.2) is 14.1 Å². The first-order valence-corrected chi connectivity index (χ1v) is 8.48. The summed E-state index contributed by atoms with van der Waals surface area (Å²) in [6, 6.07) is 5.87. The minimum Gasteiger partial charge on any atom is -0.352 e. The van der Waals surface area contributed by atoms with Gasteiger partial charge in [0.05, 0.1) is 5.56 Å². The molecule has 0 bridgehead atoms. The summed E-state index contributed by atoms with van der Waals surface area (Å²) in [5, 5.41) is 12.4. The lowest BCUT2D eigenvalue weighted by atomic mass is 10.2. The maximum atomic E-state index is 14.1. The van der Waals surface area contributed by atoms with Crippen molar-refractivity contribution in [2.45, 2.75) is 6.18 Å². The molecule has 4 rings (SSSR count). The monoisotopic (exact) mass is 393 g/mol. The summed E-state index contributed by atoms with van der Waals surface area (Å²) < 4.78 is 53.7. The molecule has 0 aromatic carbocycles. The first-order valence-electron chi connectivity index (χ1n) is 8.48. The van der Waals surface area contributed by atoms with Gasteiger partial charge in [0.2, 0.25) is 0 Å². The van der Waals surface area contributed by atoms with Gasteiger partial charge in [-0.2, -0.15) is 18.3 Å². The van der Waals surface area contributed by atoms with Crippen LogP contribution in [0.5, 0.6) is 0 Å². The Kier molecular flexibility index (Phi) is 4.57. The van der Waals surface area contributed by atoms with Gasteiger partial charge in [0.1, 0.15) is 0 Å². The predicted molar refractivity (Wildman–Crippen MR) is 92.8 cm³/mol. The molecule has 11 heteroatoms. The average molecular weight is 393 g/mol. The van der Waals surface area contributed by atoms with Crippen LogP contribution in [0.2, 0.25) is 0 Å². The first kappa shape index (κ1) is 18.1. The fourth-order valence-electron chi connectivity index (χ4n) is 2.98. The normalized spacial score (nSPS) is 15.1. The van der Waals surface area contributed by atoms with E-state index in [-0.39, 0.29) is 5.82 Å². The van der Waals surface area contributed by atoms with Crippen molar-refractivity contribution in [1.29, 1.82) is 0 Å². The van der Waals surface area contributed by atoms with Crippen molar-refractivity contribution in [3.8, 4) is 5.82 Å². The topological polar surface area (TPSA) is 63.0 Å². The summed E-state index contributed by atoms with van der Waals surface area (Å²) >= 11 is 0. The van der Waals surface area contributed by atoms with E-state index in [1.807, 2.05) is 11.0 Å². The summed E-state index contributed by atoms with van der Waals surface area (Å²) in [6.07, 6.45) is -0.562. The molecular weight excluding hydrogens is 378 g/mol. The number of pyridine rings is 1. The van der Waals surface area contributed by atoms with E-state index in [2.05, 4.69) is 20.3 Å². The average Bonchev–Trinajstić information content (AvgIpc) is 3.22. The van der Waals surface area contributed by atoms with Crippen LogP contribution in [0.3, 0.4) is 0 Å². The van der Waals surface area contributed by atoms with Gasteiger partial charge >= 0.3 is 6.18 Å². The SMILES string of the molecule is Fc1cc(C(F)(F)F)cnc1N1CCN(c2ccc(-n3cccn3)nn2)CC1. The lowest BCUT2D eigenvalue weighted by Gasteiger charge is -2.36. The van der Waals surface area contributed by atoms with Gasteiger partial charge in [0, 0.05) is 44.8 Å². The van der Waals surface area contributed by atoms with Crippen LogP contribution in [-0.4, -0.2) is 51.1 Å². The molecule has 0 saturated carbocycles. The smallest absolute Gasteiger partial charge is 0.352 e. The molecule has 3 aromatic heterocycles. The Labute approximate surface area is 157 Å². The molecular formula is C17H15F4N7. The Morgan fingerprint density at radius 1 is 0.929 bits per heavy atom. The number of alkyl halides is 3. The number of piperazine rings is 1. The Morgan fingerprint density at radius 3 is 2.18 bits per heavy atom. The molecule has 0 aliphatic carbocycles. The third kappa shape index (κ3) is 3.59. The Morgan fingerprint density at radius 2 is 1.61 bits per heavy atom. The molecule has 28 heavy (non-hydrogen) atoms.